The lowest BCUT2D eigenvalue weighted by atomic mass is 10.0. The van der Waals surface area contributed by atoms with E-state index in [-0.39, 0.29) is 17.1 Å². The molecule has 0 aromatic heterocycles. The third-order valence-corrected chi connectivity index (χ3v) is 2.33. The summed E-state index contributed by atoms with van der Waals surface area (Å²) >= 11 is 0. The van der Waals surface area contributed by atoms with Gasteiger partial charge in [-0.3, -0.25) is 0 Å². The minimum absolute atomic E-state index is 0.0346. The normalized spacial score (nSPS) is 9.82. The topological polar surface area (TPSA) is 66.8 Å². The molecule has 0 atom stereocenters. The lowest BCUT2D eigenvalue weighted by molar-refractivity contribution is 0.0597. The first-order valence-electron chi connectivity index (χ1n) is 5.22. The molecule has 0 aliphatic heterocycles. The van der Waals surface area contributed by atoms with Gasteiger partial charge in [-0.15, -0.1) is 0 Å². The molecule has 0 saturated carbocycles. The molecule has 0 heterocycles. The van der Waals surface area contributed by atoms with E-state index in [4.69, 9.17) is 0 Å². The Morgan fingerprint density at radius 1 is 1.29 bits per heavy atom. The third kappa shape index (κ3) is 3.24. The molecule has 4 nitrogen and oxygen atoms in total. The van der Waals surface area contributed by atoms with E-state index in [1.54, 1.807) is 0 Å². The summed E-state index contributed by atoms with van der Waals surface area (Å²) in [5, 5.41) is 19.2. The van der Waals surface area contributed by atoms with E-state index in [1.165, 1.54) is 13.2 Å². The molecule has 0 spiro atoms. The lowest BCUT2D eigenvalue weighted by Gasteiger charge is -2.07. The van der Waals surface area contributed by atoms with Crippen molar-refractivity contribution in [3.05, 3.63) is 34.9 Å². The Labute approximate surface area is 100 Å². The number of benzene rings is 1. The smallest absolute Gasteiger partial charge is 0.341 e. The number of esters is 1. The van der Waals surface area contributed by atoms with Crippen LogP contribution in [0.15, 0.2) is 23.8 Å². The summed E-state index contributed by atoms with van der Waals surface area (Å²) in [5.41, 5.74) is 1.74. The third-order valence-electron chi connectivity index (χ3n) is 2.33. The van der Waals surface area contributed by atoms with Crippen LogP contribution in [-0.4, -0.2) is 23.3 Å². The Kier molecular flexibility index (Phi) is 4.15. The second-order valence-corrected chi connectivity index (χ2v) is 3.98. The fourth-order valence-electron chi connectivity index (χ4n) is 1.37. The summed E-state index contributed by atoms with van der Waals surface area (Å²) in [6, 6.07) is 2.59. The Bertz CT molecular complexity index is 457. The number of allylic oxidation sites excluding steroid dienone is 2. The van der Waals surface area contributed by atoms with Crippen LogP contribution in [0.2, 0.25) is 0 Å². The zero-order chi connectivity index (χ0) is 13.0. The molecule has 4 heteroatoms. The number of rotatable bonds is 3. The second kappa shape index (κ2) is 5.39. The van der Waals surface area contributed by atoms with Crippen LogP contribution in [0.3, 0.4) is 0 Å². The molecule has 0 amide bonds. The number of carbonyl (C=O) groups excluding carboxylic acids is 1. The summed E-state index contributed by atoms with van der Waals surface area (Å²) in [4.78, 5) is 11.4. The fraction of sp³-hybridized carbons (Fsp3) is 0.308. The molecular weight excluding hydrogens is 220 g/mol. The predicted octanol–water partition coefficient (Wildman–Crippen LogP) is 2.39. The van der Waals surface area contributed by atoms with Gasteiger partial charge in [0, 0.05) is 6.07 Å². The molecule has 0 aliphatic carbocycles. The SMILES string of the molecule is COC(=O)c1cc(CC=C(C)C)c(O)cc1O. The Morgan fingerprint density at radius 3 is 2.47 bits per heavy atom. The molecule has 0 unspecified atom stereocenters. The summed E-state index contributed by atoms with van der Waals surface area (Å²) in [5.74, 6) is -0.941. The molecule has 0 aliphatic rings. The standard InChI is InChI=1S/C13H16O4/c1-8(2)4-5-9-6-10(13(16)17-3)12(15)7-11(9)14/h4,6-7,14-15H,5H2,1-3H3. The van der Waals surface area contributed by atoms with Gasteiger partial charge in [0.2, 0.25) is 0 Å². The second-order valence-electron chi connectivity index (χ2n) is 3.98. The molecule has 17 heavy (non-hydrogen) atoms. The molecule has 92 valence electrons. The highest BCUT2D eigenvalue weighted by atomic mass is 16.5. The number of ether oxygens (including phenoxy) is 1. The van der Waals surface area contributed by atoms with Crippen molar-refractivity contribution in [1.82, 2.24) is 0 Å². The maximum atomic E-state index is 11.4. The summed E-state index contributed by atoms with van der Waals surface area (Å²) < 4.78 is 4.54. The van der Waals surface area contributed by atoms with Crippen LogP contribution in [0, 0.1) is 0 Å². The zero-order valence-corrected chi connectivity index (χ0v) is 10.2. The number of carbonyl (C=O) groups is 1. The number of hydrogen-bond donors (Lipinski definition) is 2. The summed E-state index contributed by atoms with van der Waals surface area (Å²) in [6.07, 6.45) is 2.42. The quantitative estimate of drug-likeness (QED) is 0.624. The molecule has 1 aromatic rings. The maximum Gasteiger partial charge on any atom is 0.341 e. The lowest BCUT2D eigenvalue weighted by Crippen LogP contribution is -2.02. The fourth-order valence-corrected chi connectivity index (χ4v) is 1.37. The van der Waals surface area contributed by atoms with Crippen molar-refractivity contribution >= 4 is 5.97 Å². The highest BCUT2D eigenvalue weighted by Crippen LogP contribution is 2.28. The van der Waals surface area contributed by atoms with Crippen LogP contribution in [0.5, 0.6) is 11.5 Å². The Hall–Kier alpha value is -1.97. The first kappa shape index (κ1) is 13.1. The van der Waals surface area contributed by atoms with Gasteiger partial charge in [-0.1, -0.05) is 11.6 Å². The van der Waals surface area contributed by atoms with Crippen LogP contribution < -0.4 is 0 Å². The van der Waals surface area contributed by atoms with Crippen molar-refractivity contribution in [1.29, 1.82) is 0 Å². The number of methoxy groups -OCH3 is 1. The van der Waals surface area contributed by atoms with Gasteiger partial charge < -0.3 is 14.9 Å². The first-order valence-corrected chi connectivity index (χ1v) is 5.22. The highest BCUT2D eigenvalue weighted by molar-refractivity contribution is 5.92. The van der Waals surface area contributed by atoms with Crippen molar-refractivity contribution in [3.8, 4) is 11.5 Å². The number of hydrogen-bond acceptors (Lipinski definition) is 4. The molecular formula is C13H16O4. The molecule has 0 saturated heterocycles. The van der Waals surface area contributed by atoms with Crippen molar-refractivity contribution < 1.29 is 19.7 Å². The molecule has 2 N–H and O–H groups in total. The van der Waals surface area contributed by atoms with Crippen molar-refractivity contribution in [2.24, 2.45) is 0 Å². The van der Waals surface area contributed by atoms with E-state index in [2.05, 4.69) is 4.74 Å². The van der Waals surface area contributed by atoms with Gasteiger partial charge in [0.15, 0.2) is 0 Å². The molecule has 0 radical (unpaired) electrons. The average molecular weight is 236 g/mol. The van der Waals surface area contributed by atoms with Gasteiger partial charge in [-0.2, -0.15) is 0 Å². The largest absolute Gasteiger partial charge is 0.508 e. The minimum atomic E-state index is -0.624. The number of aromatic hydroxyl groups is 2. The predicted molar refractivity (Wildman–Crippen MR) is 64.2 cm³/mol. The maximum absolute atomic E-state index is 11.4. The molecule has 0 fully saturated rings. The van der Waals surface area contributed by atoms with Crippen LogP contribution in [-0.2, 0) is 11.2 Å². The van der Waals surface area contributed by atoms with Gasteiger partial charge in [0.05, 0.1) is 7.11 Å². The van der Waals surface area contributed by atoms with E-state index in [0.717, 1.165) is 11.6 Å². The van der Waals surface area contributed by atoms with Crippen LogP contribution >= 0.6 is 0 Å². The molecule has 0 bridgehead atoms. The van der Waals surface area contributed by atoms with Crippen molar-refractivity contribution in [2.45, 2.75) is 20.3 Å². The summed E-state index contributed by atoms with van der Waals surface area (Å²) in [6.45, 7) is 3.89. The average Bonchev–Trinajstić information content (AvgIpc) is 2.26. The Morgan fingerprint density at radius 2 is 1.94 bits per heavy atom. The van der Waals surface area contributed by atoms with Gasteiger partial charge >= 0.3 is 5.97 Å². The number of phenols is 2. The summed E-state index contributed by atoms with van der Waals surface area (Å²) in [7, 11) is 1.24. The van der Waals surface area contributed by atoms with E-state index in [0.29, 0.717) is 12.0 Å². The molecule has 1 rings (SSSR count). The molecule has 1 aromatic carbocycles. The van der Waals surface area contributed by atoms with E-state index in [9.17, 15) is 15.0 Å². The van der Waals surface area contributed by atoms with E-state index < -0.39 is 5.97 Å². The van der Waals surface area contributed by atoms with Crippen LogP contribution in [0.1, 0.15) is 29.8 Å². The van der Waals surface area contributed by atoms with Gasteiger partial charge in [0.1, 0.15) is 17.1 Å². The van der Waals surface area contributed by atoms with Crippen molar-refractivity contribution in [2.75, 3.05) is 7.11 Å². The van der Waals surface area contributed by atoms with E-state index >= 15 is 0 Å². The van der Waals surface area contributed by atoms with Gasteiger partial charge in [-0.05, 0) is 31.9 Å². The highest BCUT2D eigenvalue weighted by Gasteiger charge is 2.14. The monoisotopic (exact) mass is 236 g/mol. The zero-order valence-electron chi connectivity index (χ0n) is 10.2. The van der Waals surface area contributed by atoms with Crippen LogP contribution in [0.4, 0.5) is 0 Å². The van der Waals surface area contributed by atoms with Gasteiger partial charge in [-0.25, -0.2) is 4.79 Å². The van der Waals surface area contributed by atoms with E-state index in [1.807, 2.05) is 19.9 Å². The van der Waals surface area contributed by atoms with Gasteiger partial charge in [0.25, 0.3) is 0 Å². The first-order chi connectivity index (χ1) is 7.95. The minimum Gasteiger partial charge on any atom is -0.508 e. The van der Waals surface area contributed by atoms with Crippen molar-refractivity contribution in [3.63, 3.8) is 0 Å². The van der Waals surface area contributed by atoms with Crippen LogP contribution in [0.25, 0.3) is 0 Å². The number of phenolic OH excluding ortho intramolecular Hbond substituents is 2. The Balaban J connectivity index is 3.14.